The van der Waals surface area contributed by atoms with E-state index in [1.807, 2.05) is 37.3 Å². The van der Waals surface area contributed by atoms with Crippen molar-refractivity contribution in [3.8, 4) is 0 Å². The van der Waals surface area contributed by atoms with Crippen molar-refractivity contribution in [3.63, 3.8) is 0 Å². The number of nitrogens with one attached hydrogen (secondary N) is 1. The number of nitrogens with zero attached hydrogens (tertiary/aromatic N) is 1. The zero-order chi connectivity index (χ0) is 16.7. The summed E-state index contributed by atoms with van der Waals surface area (Å²) in [5.74, 6) is -0.185. The summed E-state index contributed by atoms with van der Waals surface area (Å²) in [5.41, 5.74) is 0.572. The number of rotatable bonds is 8. The number of benzene rings is 1. The van der Waals surface area contributed by atoms with Crippen LogP contribution in [0.1, 0.15) is 33.6 Å². The maximum absolute atomic E-state index is 12.4. The lowest BCUT2D eigenvalue weighted by Gasteiger charge is -2.29. The van der Waals surface area contributed by atoms with E-state index in [2.05, 4.69) is 10.3 Å². The van der Waals surface area contributed by atoms with E-state index in [9.17, 15) is 4.79 Å². The third kappa shape index (κ3) is 5.13. The van der Waals surface area contributed by atoms with Crippen LogP contribution in [-0.2, 0) is 11.2 Å². The van der Waals surface area contributed by atoms with Crippen molar-refractivity contribution in [1.82, 2.24) is 10.3 Å². The van der Waals surface area contributed by atoms with Crippen molar-refractivity contribution in [2.75, 3.05) is 20.3 Å². The van der Waals surface area contributed by atoms with Gasteiger partial charge in [0.25, 0.3) is 5.91 Å². The number of amides is 1. The van der Waals surface area contributed by atoms with Crippen molar-refractivity contribution in [2.45, 2.75) is 25.3 Å². The van der Waals surface area contributed by atoms with Crippen LogP contribution in [0.5, 0.6) is 0 Å². The highest BCUT2D eigenvalue weighted by Gasteiger charge is 2.27. The molecule has 1 unspecified atom stereocenters. The minimum Gasteiger partial charge on any atom is -0.396 e. The van der Waals surface area contributed by atoms with Crippen LogP contribution in [0.4, 0.5) is 0 Å². The van der Waals surface area contributed by atoms with Gasteiger partial charge in [-0.25, -0.2) is 4.98 Å². The summed E-state index contributed by atoms with van der Waals surface area (Å²) in [7, 11) is 1.58. The molecule has 5 nitrogen and oxygen atoms in total. The molecule has 1 aromatic carbocycles. The Labute approximate surface area is 140 Å². The molecule has 0 aliphatic rings. The summed E-state index contributed by atoms with van der Waals surface area (Å²) in [5, 5.41) is 13.0. The Balaban J connectivity index is 2.03. The third-order valence-electron chi connectivity index (χ3n) is 3.52. The van der Waals surface area contributed by atoms with E-state index in [4.69, 9.17) is 9.84 Å². The zero-order valence-electron chi connectivity index (χ0n) is 13.4. The van der Waals surface area contributed by atoms with Crippen LogP contribution in [0.15, 0.2) is 36.5 Å². The van der Waals surface area contributed by atoms with Gasteiger partial charge < -0.3 is 15.2 Å². The van der Waals surface area contributed by atoms with E-state index in [0.717, 1.165) is 5.01 Å². The Bertz CT molecular complexity index is 622. The number of aliphatic hydroxyl groups excluding tert-OH is 1. The SMILES string of the molecule is COCC(C)(CCO)NC(=O)c1cnc(Cc2ccccc2)s1. The highest BCUT2D eigenvalue weighted by Crippen LogP contribution is 2.18. The van der Waals surface area contributed by atoms with E-state index in [1.165, 1.54) is 16.9 Å². The molecule has 124 valence electrons. The predicted molar refractivity (Wildman–Crippen MR) is 90.8 cm³/mol. The number of thiazole rings is 1. The monoisotopic (exact) mass is 334 g/mol. The minimum absolute atomic E-state index is 0.0118. The Kier molecular flexibility index (Phi) is 6.27. The molecule has 0 radical (unpaired) electrons. The van der Waals surface area contributed by atoms with Crippen LogP contribution in [-0.4, -0.2) is 41.9 Å². The second kappa shape index (κ2) is 8.19. The molecular weight excluding hydrogens is 312 g/mol. The second-order valence-corrected chi connectivity index (χ2v) is 6.82. The first-order chi connectivity index (χ1) is 11.1. The van der Waals surface area contributed by atoms with Crippen LogP contribution in [0.3, 0.4) is 0 Å². The minimum atomic E-state index is -0.593. The summed E-state index contributed by atoms with van der Waals surface area (Å²) in [6.07, 6.45) is 2.75. The first kappa shape index (κ1) is 17.6. The molecule has 1 heterocycles. The van der Waals surface area contributed by atoms with Crippen LogP contribution >= 0.6 is 11.3 Å². The Morgan fingerprint density at radius 1 is 1.39 bits per heavy atom. The smallest absolute Gasteiger partial charge is 0.263 e. The van der Waals surface area contributed by atoms with Gasteiger partial charge in [-0.05, 0) is 18.9 Å². The fourth-order valence-corrected chi connectivity index (χ4v) is 3.19. The van der Waals surface area contributed by atoms with Crippen LogP contribution in [0.2, 0.25) is 0 Å². The molecular formula is C17H22N2O3S. The molecule has 1 amide bonds. The Morgan fingerprint density at radius 2 is 2.13 bits per heavy atom. The van der Waals surface area contributed by atoms with Gasteiger partial charge in [0.2, 0.25) is 0 Å². The van der Waals surface area contributed by atoms with E-state index >= 15 is 0 Å². The van der Waals surface area contributed by atoms with Gasteiger partial charge >= 0.3 is 0 Å². The quantitative estimate of drug-likeness (QED) is 0.777. The molecule has 0 fully saturated rings. The summed E-state index contributed by atoms with van der Waals surface area (Å²) >= 11 is 1.39. The fraction of sp³-hybridized carbons (Fsp3) is 0.412. The van der Waals surface area contributed by atoms with Gasteiger partial charge in [0.15, 0.2) is 0 Å². The van der Waals surface area contributed by atoms with E-state index in [0.29, 0.717) is 24.3 Å². The molecule has 0 bridgehead atoms. The fourth-order valence-electron chi connectivity index (χ4n) is 2.34. The third-order valence-corrected chi connectivity index (χ3v) is 4.51. The summed E-state index contributed by atoms with van der Waals surface area (Å²) < 4.78 is 5.14. The first-order valence-electron chi connectivity index (χ1n) is 7.47. The molecule has 0 saturated heterocycles. The molecule has 1 aromatic heterocycles. The Hall–Kier alpha value is -1.76. The van der Waals surface area contributed by atoms with Crippen molar-refractivity contribution in [3.05, 3.63) is 52.0 Å². The van der Waals surface area contributed by atoms with Crippen molar-refractivity contribution in [1.29, 1.82) is 0 Å². The highest BCUT2D eigenvalue weighted by atomic mass is 32.1. The normalized spacial score (nSPS) is 13.5. The summed E-state index contributed by atoms with van der Waals surface area (Å²) in [6.45, 7) is 2.19. The van der Waals surface area contributed by atoms with Gasteiger partial charge in [0.1, 0.15) is 4.88 Å². The molecule has 6 heteroatoms. The lowest BCUT2D eigenvalue weighted by atomic mass is 9.99. The number of carbonyl (C=O) groups excluding carboxylic acids is 1. The number of carbonyl (C=O) groups is 1. The zero-order valence-corrected chi connectivity index (χ0v) is 14.2. The summed E-state index contributed by atoms with van der Waals surface area (Å²) in [4.78, 5) is 17.3. The number of aliphatic hydroxyl groups is 1. The number of ether oxygens (including phenoxy) is 1. The van der Waals surface area contributed by atoms with Crippen molar-refractivity contribution >= 4 is 17.2 Å². The van der Waals surface area contributed by atoms with Gasteiger partial charge in [-0.2, -0.15) is 0 Å². The molecule has 2 N–H and O–H groups in total. The largest absolute Gasteiger partial charge is 0.396 e. The molecule has 1 atom stereocenters. The van der Waals surface area contributed by atoms with Crippen LogP contribution < -0.4 is 5.32 Å². The number of methoxy groups -OCH3 is 1. The van der Waals surface area contributed by atoms with Gasteiger partial charge in [-0.1, -0.05) is 30.3 Å². The number of hydrogen-bond donors (Lipinski definition) is 2. The van der Waals surface area contributed by atoms with Gasteiger partial charge in [-0.3, -0.25) is 4.79 Å². The molecule has 0 aliphatic carbocycles. The van der Waals surface area contributed by atoms with E-state index < -0.39 is 5.54 Å². The van der Waals surface area contributed by atoms with Crippen molar-refractivity contribution < 1.29 is 14.6 Å². The second-order valence-electron chi connectivity index (χ2n) is 5.70. The average Bonchev–Trinajstić information content (AvgIpc) is 2.97. The van der Waals surface area contributed by atoms with Gasteiger partial charge in [-0.15, -0.1) is 11.3 Å². The van der Waals surface area contributed by atoms with Gasteiger partial charge in [0.05, 0.1) is 23.4 Å². The van der Waals surface area contributed by atoms with Crippen LogP contribution in [0, 0.1) is 0 Å². The maximum atomic E-state index is 12.4. The highest BCUT2D eigenvalue weighted by molar-refractivity contribution is 7.13. The molecule has 2 aromatic rings. The van der Waals surface area contributed by atoms with E-state index in [1.54, 1.807) is 13.3 Å². The van der Waals surface area contributed by atoms with Crippen molar-refractivity contribution in [2.24, 2.45) is 0 Å². The number of aromatic nitrogens is 1. The molecule has 0 saturated carbocycles. The standard InChI is InChI=1S/C17H22N2O3S/c1-17(8-9-20,12-22-2)19-16(21)14-11-18-15(23-14)10-13-6-4-3-5-7-13/h3-7,11,20H,8-10,12H2,1-2H3,(H,19,21). The molecule has 2 rings (SSSR count). The maximum Gasteiger partial charge on any atom is 0.263 e. The average molecular weight is 334 g/mol. The van der Waals surface area contributed by atoms with E-state index in [-0.39, 0.29) is 12.5 Å². The van der Waals surface area contributed by atoms with Crippen LogP contribution in [0.25, 0.3) is 0 Å². The first-order valence-corrected chi connectivity index (χ1v) is 8.29. The Morgan fingerprint density at radius 3 is 2.78 bits per heavy atom. The molecule has 23 heavy (non-hydrogen) atoms. The molecule has 0 spiro atoms. The van der Waals surface area contributed by atoms with Gasteiger partial charge in [0, 0.05) is 20.1 Å². The number of hydrogen-bond acceptors (Lipinski definition) is 5. The predicted octanol–water partition coefficient (Wildman–Crippen LogP) is 2.25. The topological polar surface area (TPSA) is 71.5 Å². The molecule has 0 aliphatic heterocycles. The lowest BCUT2D eigenvalue weighted by Crippen LogP contribution is -2.49. The summed E-state index contributed by atoms with van der Waals surface area (Å²) in [6, 6.07) is 10.0. The lowest BCUT2D eigenvalue weighted by molar-refractivity contribution is 0.0729.